The average Bonchev–Trinajstić information content (AvgIpc) is 3.32. The Hall–Kier alpha value is -2.08. The zero-order chi connectivity index (χ0) is 15.8. The van der Waals surface area contributed by atoms with E-state index in [9.17, 15) is 4.79 Å². The van der Waals surface area contributed by atoms with Gasteiger partial charge in [-0.25, -0.2) is 0 Å². The Morgan fingerprint density at radius 1 is 1.21 bits per heavy atom. The molecule has 0 radical (unpaired) electrons. The van der Waals surface area contributed by atoms with Crippen molar-refractivity contribution in [3.05, 3.63) is 41.5 Å². The number of nitrogen functional groups attached to an aromatic ring is 1. The number of likely N-dealkylation sites (tertiary alicyclic amines) is 1. The van der Waals surface area contributed by atoms with Crippen LogP contribution >= 0.6 is 12.4 Å². The molecule has 2 aliphatic rings. The van der Waals surface area contributed by atoms with Gasteiger partial charge >= 0.3 is 0 Å². The summed E-state index contributed by atoms with van der Waals surface area (Å²) in [6, 6.07) is 7.21. The van der Waals surface area contributed by atoms with Gasteiger partial charge < -0.3 is 15.2 Å². The molecule has 0 spiro atoms. The van der Waals surface area contributed by atoms with Gasteiger partial charge in [0.15, 0.2) is 5.82 Å². The van der Waals surface area contributed by atoms with Gasteiger partial charge in [0.2, 0.25) is 5.89 Å². The average molecular weight is 349 g/mol. The van der Waals surface area contributed by atoms with E-state index in [1.807, 2.05) is 17.0 Å². The molecule has 4 rings (SSSR count). The monoisotopic (exact) mass is 348 g/mol. The molecule has 1 atom stereocenters. The van der Waals surface area contributed by atoms with Gasteiger partial charge in [-0.2, -0.15) is 4.98 Å². The van der Waals surface area contributed by atoms with Crippen molar-refractivity contribution in [3.8, 4) is 0 Å². The molecule has 1 saturated heterocycles. The van der Waals surface area contributed by atoms with Crippen molar-refractivity contribution in [3.63, 3.8) is 0 Å². The molecule has 1 aromatic heterocycles. The zero-order valence-electron chi connectivity index (χ0n) is 13.4. The molecule has 24 heavy (non-hydrogen) atoms. The van der Waals surface area contributed by atoms with Crippen molar-refractivity contribution in [2.24, 2.45) is 0 Å². The van der Waals surface area contributed by atoms with E-state index in [0.717, 1.165) is 43.9 Å². The largest absolute Gasteiger partial charge is 0.398 e. The van der Waals surface area contributed by atoms with Crippen LogP contribution in [0.15, 0.2) is 28.8 Å². The summed E-state index contributed by atoms with van der Waals surface area (Å²) in [6.45, 7) is 1.37. The summed E-state index contributed by atoms with van der Waals surface area (Å²) in [4.78, 5) is 19.1. The number of nitrogens with two attached hydrogens (primary N) is 1. The highest BCUT2D eigenvalue weighted by molar-refractivity contribution is 5.99. The fraction of sp³-hybridized carbons (Fsp3) is 0.471. The second kappa shape index (κ2) is 6.81. The maximum atomic E-state index is 12.7. The van der Waals surface area contributed by atoms with Crippen LogP contribution in [0.5, 0.6) is 0 Å². The van der Waals surface area contributed by atoms with Crippen LogP contribution < -0.4 is 5.73 Å². The van der Waals surface area contributed by atoms with E-state index in [1.165, 1.54) is 0 Å². The van der Waals surface area contributed by atoms with Crippen molar-refractivity contribution in [1.82, 2.24) is 15.0 Å². The number of hydrogen-bond donors (Lipinski definition) is 1. The quantitative estimate of drug-likeness (QED) is 0.862. The van der Waals surface area contributed by atoms with Crippen LogP contribution in [0.2, 0.25) is 0 Å². The van der Waals surface area contributed by atoms with Crippen LogP contribution in [-0.4, -0.2) is 34.0 Å². The van der Waals surface area contributed by atoms with Crippen LogP contribution in [0.3, 0.4) is 0 Å². The standard InChI is InChI=1S/C17H20N4O2.ClH/c18-14-6-2-1-5-13(14)17(22)21-9-3-4-12(10-21)15-19-16(23-20-15)11-7-8-11;/h1-2,5-6,11-12H,3-4,7-10,18H2;1H. The van der Waals surface area contributed by atoms with Gasteiger partial charge in [0.25, 0.3) is 5.91 Å². The van der Waals surface area contributed by atoms with Crippen molar-refractivity contribution in [2.45, 2.75) is 37.5 Å². The molecule has 6 nitrogen and oxygen atoms in total. The third-order valence-electron chi connectivity index (χ3n) is 4.65. The van der Waals surface area contributed by atoms with Crippen molar-refractivity contribution < 1.29 is 9.32 Å². The Bertz CT molecular complexity index is 729. The first-order chi connectivity index (χ1) is 11.2. The summed E-state index contributed by atoms with van der Waals surface area (Å²) in [6.07, 6.45) is 4.21. The van der Waals surface area contributed by atoms with Crippen LogP contribution in [0, 0.1) is 0 Å². The second-order valence-electron chi connectivity index (χ2n) is 6.44. The molecule has 1 saturated carbocycles. The summed E-state index contributed by atoms with van der Waals surface area (Å²) in [5.41, 5.74) is 7.02. The molecule has 2 N–H and O–H groups in total. The van der Waals surface area contributed by atoms with Gasteiger partial charge in [-0.3, -0.25) is 4.79 Å². The Labute approximate surface area is 146 Å². The van der Waals surface area contributed by atoms with Gasteiger partial charge in [0.1, 0.15) is 0 Å². The fourth-order valence-electron chi connectivity index (χ4n) is 3.14. The Kier molecular flexibility index (Phi) is 4.76. The smallest absolute Gasteiger partial charge is 0.255 e. The van der Waals surface area contributed by atoms with Gasteiger partial charge in [-0.15, -0.1) is 12.4 Å². The normalized spacial score (nSPS) is 20.5. The number of carbonyl (C=O) groups is 1. The van der Waals surface area contributed by atoms with Gasteiger partial charge in [-0.05, 0) is 37.8 Å². The minimum atomic E-state index is -0.0151. The number of anilines is 1. The number of amides is 1. The molecule has 7 heteroatoms. The Morgan fingerprint density at radius 2 is 2.00 bits per heavy atom. The molecule has 1 aliphatic heterocycles. The number of carbonyl (C=O) groups excluding carboxylic acids is 1. The second-order valence-corrected chi connectivity index (χ2v) is 6.44. The molecule has 1 aromatic carbocycles. The summed E-state index contributed by atoms with van der Waals surface area (Å²) < 4.78 is 5.36. The van der Waals surface area contributed by atoms with E-state index in [-0.39, 0.29) is 24.2 Å². The number of aromatic nitrogens is 2. The number of piperidine rings is 1. The van der Waals surface area contributed by atoms with Gasteiger partial charge in [-0.1, -0.05) is 17.3 Å². The number of nitrogens with zero attached hydrogens (tertiary/aromatic N) is 3. The summed E-state index contributed by atoms with van der Waals surface area (Å²) in [7, 11) is 0. The minimum Gasteiger partial charge on any atom is -0.398 e. The first-order valence-electron chi connectivity index (χ1n) is 8.19. The molecule has 128 valence electrons. The first kappa shape index (κ1) is 16.8. The third-order valence-corrected chi connectivity index (χ3v) is 4.65. The van der Waals surface area contributed by atoms with E-state index in [4.69, 9.17) is 10.3 Å². The topological polar surface area (TPSA) is 85.3 Å². The highest BCUT2D eigenvalue weighted by atomic mass is 35.5. The van der Waals surface area contributed by atoms with E-state index < -0.39 is 0 Å². The molecule has 0 bridgehead atoms. The van der Waals surface area contributed by atoms with E-state index in [1.54, 1.807) is 12.1 Å². The van der Waals surface area contributed by atoms with E-state index in [2.05, 4.69) is 10.1 Å². The molecular weight excluding hydrogens is 328 g/mol. The van der Waals surface area contributed by atoms with Gasteiger partial charge in [0.05, 0.1) is 5.56 Å². The van der Waals surface area contributed by atoms with Gasteiger partial charge in [0, 0.05) is 30.6 Å². The highest BCUT2D eigenvalue weighted by Crippen LogP contribution is 2.39. The Balaban J connectivity index is 0.00000169. The Morgan fingerprint density at radius 3 is 2.75 bits per heavy atom. The molecule has 1 aliphatic carbocycles. The molecule has 2 heterocycles. The third kappa shape index (κ3) is 3.24. The fourth-order valence-corrected chi connectivity index (χ4v) is 3.14. The SMILES string of the molecule is Cl.Nc1ccccc1C(=O)N1CCCC(c2noc(C3CC3)n2)C1. The number of hydrogen-bond acceptors (Lipinski definition) is 5. The molecule has 2 fully saturated rings. The predicted octanol–water partition coefficient (Wildman–Crippen LogP) is 2.97. The van der Waals surface area contributed by atoms with E-state index >= 15 is 0 Å². The minimum absolute atomic E-state index is 0. The lowest BCUT2D eigenvalue weighted by Crippen LogP contribution is -2.39. The lowest BCUT2D eigenvalue weighted by molar-refractivity contribution is 0.0704. The van der Waals surface area contributed by atoms with Crippen molar-refractivity contribution in [2.75, 3.05) is 18.8 Å². The summed E-state index contributed by atoms with van der Waals surface area (Å²) in [5, 5.41) is 4.14. The number of para-hydroxylation sites is 1. The molecule has 1 unspecified atom stereocenters. The molecule has 2 aromatic rings. The highest BCUT2D eigenvalue weighted by Gasteiger charge is 2.33. The number of rotatable bonds is 3. The number of benzene rings is 1. The summed E-state index contributed by atoms with van der Waals surface area (Å²) in [5.74, 6) is 2.09. The van der Waals surface area contributed by atoms with Crippen LogP contribution in [0.1, 0.15) is 59.6 Å². The lowest BCUT2D eigenvalue weighted by Gasteiger charge is -2.31. The zero-order valence-corrected chi connectivity index (χ0v) is 14.2. The summed E-state index contributed by atoms with van der Waals surface area (Å²) >= 11 is 0. The van der Waals surface area contributed by atoms with E-state index in [0.29, 0.717) is 23.7 Å². The van der Waals surface area contributed by atoms with Crippen LogP contribution in [-0.2, 0) is 0 Å². The maximum Gasteiger partial charge on any atom is 0.255 e. The van der Waals surface area contributed by atoms with Crippen molar-refractivity contribution in [1.29, 1.82) is 0 Å². The van der Waals surface area contributed by atoms with Crippen molar-refractivity contribution >= 4 is 24.0 Å². The van der Waals surface area contributed by atoms with Crippen LogP contribution in [0.25, 0.3) is 0 Å². The number of halogens is 1. The van der Waals surface area contributed by atoms with Crippen LogP contribution in [0.4, 0.5) is 5.69 Å². The predicted molar refractivity (Wildman–Crippen MR) is 92.3 cm³/mol. The first-order valence-corrected chi connectivity index (χ1v) is 8.19. The molecule has 1 amide bonds. The lowest BCUT2D eigenvalue weighted by atomic mass is 9.96. The molecular formula is C17H21ClN4O2. The maximum absolute atomic E-state index is 12.7.